The van der Waals surface area contributed by atoms with Crippen LogP contribution in [-0.4, -0.2) is 13.1 Å². The van der Waals surface area contributed by atoms with E-state index in [1.807, 2.05) is 0 Å². The summed E-state index contributed by atoms with van der Waals surface area (Å²) in [6, 6.07) is 13.4. The van der Waals surface area contributed by atoms with Gasteiger partial charge in [-0.2, -0.15) is 0 Å². The van der Waals surface area contributed by atoms with Crippen molar-refractivity contribution in [2.45, 2.75) is 25.8 Å². The van der Waals surface area contributed by atoms with Crippen molar-refractivity contribution < 1.29 is 0 Å². The maximum atomic E-state index is 6.37. The number of nitrogens with two attached hydrogens (primary N) is 1. The van der Waals surface area contributed by atoms with E-state index in [0.29, 0.717) is 0 Å². The van der Waals surface area contributed by atoms with E-state index in [1.165, 1.54) is 28.3 Å². The van der Waals surface area contributed by atoms with Crippen LogP contribution in [0.1, 0.15) is 30.0 Å². The van der Waals surface area contributed by atoms with Gasteiger partial charge in [0, 0.05) is 6.04 Å². The molecular formula is C17H22N2. The summed E-state index contributed by atoms with van der Waals surface area (Å²) >= 11 is 0. The summed E-state index contributed by atoms with van der Waals surface area (Å²) < 4.78 is 0. The lowest BCUT2D eigenvalue weighted by molar-refractivity contribution is 0.473. The molecule has 1 aliphatic heterocycles. The fraction of sp³-hybridized carbons (Fsp3) is 0.412. The van der Waals surface area contributed by atoms with E-state index < -0.39 is 0 Å². The quantitative estimate of drug-likeness (QED) is 0.883. The van der Waals surface area contributed by atoms with E-state index in [0.717, 1.165) is 25.4 Å². The summed E-state index contributed by atoms with van der Waals surface area (Å²) in [4.78, 5) is 0. The van der Waals surface area contributed by atoms with E-state index in [4.69, 9.17) is 5.73 Å². The molecule has 100 valence electrons. The molecule has 0 aromatic heterocycles. The third-order valence-electron chi connectivity index (χ3n) is 4.20. The van der Waals surface area contributed by atoms with Crippen molar-refractivity contribution in [1.82, 2.24) is 5.32 Å². The second-order valence-corrected chi connectivity index (χ2v) is 5.81. The van der Waals surface area contributed by atoms with Crippen LogP contribution in [0, 0.1) is 12.8 Å². The molecule has 1 saturated heterocycles. The number of aryl methyl sites for hydroxylation is 1. The Labute approximate surface area is 115 Å². The molecule has 0 amide bonds. The maximum absolute atomic E-state index is 6.37. The number of rotatable bonds is 3. The summed E-state index contributed by atoms with van der Waals surface area (Å²) in [5, 5.41) is 6.01. The molecule has 3 N–H and O–H groups in total. The van der Waals surface area contributed by atoms with Crippen LogP contribution in [0.5, 0.6) is 0 Å². The van der Waals surface area contributed by atoms with Crippen LogP contribution in [0.3, 0.4) is 0 Å². The lowest BCUT2D eigenvalue weighted by Gasteiger charge is -2.17. The van der Waals surface area contributed by atoms with Crippen molar-refractivity contribution in [2.24, 2.45) is 11.7 Å². The maximum Gasteiger partial charge on any atom is 0.0298 e. The van der Waals surface area contributed by atoms with Crippen LogP contribution in [0.2, 0.25) is 0 Å². The van der Waals surface area contributed by atoms with Gasteiger partial charge in [0.1, 0.15) is 0 Å². The molecule has 19 heavy (non-hydrogen) atoms. The number of fused-ring (bicyclic) bond motifs is 1. The lowest BCUT2D eigenvalue weighted by Crippen LogP contribution is -2.17. The summed E-state index contributed by atoms with van der Waals surface area (Å²) in [5.41, 5.74) is 8.94. The van der Waals surface area contributed by atoms with Crippen LogP contribution in [0.4, 0.5) is 0 Å². The second-order valence-electron chi connectivity index (χ2n) is 5.81. The van der Waals surface area contributed by atoms with Crippen LogP contribution >= 0.6 is 0 Å². The van der Waals surface area contributed by atoms with Gasteiger partial charge in [0.2, 0.25) is 0 Å². The largest absolute Gasteiger partial charge is 0.324 e. The molecule has 2 nitrogen and oxygen atoms in total. The second kappa shape index (κ2) is 5.32. The monoisotopic (exact) mass is 254 g/mol. The predicted octanol–water partition coefficient (Wildman–Crippen LogP) is 3.15. The fourth-order valence-corrected chi connectivity index (χ4v) is 3.03. The van der Waals surface area contributed by atoms with Gasteiger partial charge < -0.3 is 11.1 Å². The van der Waals surface area contributed by atoms with Gasteiger partial charge in [0.25, 0.3) is 0 Å². The number of hydrogen-bond acceptors (Lipinski definition) is 2. The highest BCUT2D eigenvalue weighted by Crippen LogP contribution is 2.26. The zero-order valence-corrected chi connectivity index (χ0v) is 11.5. The number of hydrogen-bond donors (Lipinski definition) is 2. The first-order chi connectivity index (χ1) is 9.22. The molecule has 2 aromatic carbocycles. The van der Waals surface area contributed by atoms with Crippen molar-refractivity contribution in [2.75, 3.05) is 13.1 Å². The van der Waals surface area contributed by atoms with Gasteiger partial charge in [-0.3, -0.25) is 0 Å². The molecule has 0 saturated carbocycles. The topological polar surface area (TPSA) is 38.0 Å². The highest BCUT2D eigenvalue weighted by molar-refractivity contribution is 5.83. The highest BCUT2D eigenvalue weighted by atomic mass is 14.9. The molecular weight excluding hydrogens is 232 g/mol. The Kier molecular flexibility index (Phi) is 3.54. The minimum absolute atomic E-state index is 0.163. The summed E-state index contributed by atoms with van der Waals surface area (Å²) in [6.45, 7) is 4.40. The Morgan fingerprint density at radius 2 is 2.00 bits per heavy atom. The molecule has 0 aliphatic carbocycles. The lowest BCUT2D eigenvalue weighted by atomic mass is 9.93. The van der Waals surface area contributed by atoms with Crippen LogP contribution in [0.25, 0.3) is 10.8 Å². The molecule has 0 radical (unpaired) electrons. The van der Waals surface area contributed by atoms with Gasteiger partial charge in [0.05, 0.1) is 0 Å². The van der Waals surface area contributed by atoms with Crippen LogP contribution < -0.4 is 11.1 Å². The molecule has 2 atom stereocenters. The third-order valence-corrected chi connectivity index (χ3v) is 4.20. The van der Waals surface area contributed by atoms with Gasteiger partial charge in [-0.05, 0) is 61.2 Å². The van der Waals surface area contributed by atoms with Crippen molar-refractivity contribution in [3.05, 3.63) is 47.5 Å². The Morgan fingerprint density at radius 1 is 1.21 bits per heavy atom. The number of benzene rings is 2. The van der Waals surface area contributed by atoms with E-state index >= 15 is 0 Å². The van der Waals surface area contributed by atoms with Crippen LogP contribution in [0.15, 0.2) is 36.4 Å². The Hall–Kier alpha value is -1.38. The summed E-state index contributed by atoms with van der Waals surface area (Å²) in [5.74, 6) is 0.740. The van der Waals surface area contributed by atoms with Gasteiger partial charge in [-0.1, -0.05) is 35.9 Å². The molecule has 1 fully saturated rings. The van der Waals surface area contributed by atoms with E-state index in [9.17, 15) is 0 Å². The molecule has 0 bridgehead atoms. The Morgan fingerprint density at radius 3 is 2.79 bits per heavy atom. The van der Waals surface area contributed by atoms with Gasteiger partial charge in [-0.15, -0.1) is 0 Å². The normalized spacial score (nSPS) is 20.8. The van der Waals surface area contributed by atoms with Crippen molar-refractivity contribution in [3.63, 3.8) is 0 Å². The third kappa shape index (κ3) is 2.80. The zero-order chi connectivity index (χ0) is 13.2. The van der Waals surface area contributed by atoms with E-state index in [1.54, 1.807) is 0 Å². The smallest absolute Gasteiger partial charge is 0.0298 e. The van der Waals surface area contributed by atoms with Gasteiger partial charge >= 0.3 is 0 Å². The minimum Gasteiger partial charge on any atom is -0.324 e. The van der Waals surface area contributed by atoms with E-state index in [2.05, 4.69) is 48.6 Å². The molecule has 0 spiro atoms. The summed E-state index contributed by atoms with van der Waals surface area (Å²) in [6.07, 6.45) is 2.35. The number of nitrogens with one attached hydrogen (secondary N) is 1. The first kappa shape index (κ1) is 12.6. The predicted molar refractivity (Wildman–Crippen MR) is 81.2 cm³/mol. The first-order valence-electron chi connectivity index (χ1n) is 7.19. The average molecular weight is 254 g/mol. The standard InChI is InChI=1S/C17H22N2/c1-12-2-3-15-10-16(5-4-14(15)8-12)17(18)9-13-6-7-19-11-13/h2-5,8,10,13,17,19H,6-7,9,11,18H2,1H3. The van der Waals surface area contributed by atoms with Crippen molar-refractivity contribution in [1.29, 1.82) is 0 Å². The highest BCUT2D eigenvalue weighted by Gasteiger charge is 2.18. The van der Waals surface area contributed by atoms with Gasteiger partial charge in [-0.25, -0.2) is 0 Å². The fourth-order valence-electron chi connectivity index (χ4n) is 3.03. The molecule has 1 heterocycles. The van der Waals surface area contributed by atoms with Crippen LogP contribution in [-0.2, 0) is 0 Å². The zero-order valence-electron chi connectivity index (χ0n) is 11.5. The van der Waals surface area contributed by atoms with E-state index in [-0.39, 0.29) is 6.04 Å². The average Bonchev–Trinajstić information content (AvgIpc) is 2.91. The van der Waals surface area contributed by atoms with Gasteiger partial charge in [0.15, 0.2) is 0 Å². The Balaban J connectivity index is 1.81. The summed E-state index contributed by atoms with van der Waals surface area (Å²) in [7, 11) is 0. The molecule has 2 aromatic rings. The first-order valence-corrected chi connectivity index (χ1v) is 7.19. The molecule has 2 unspecified atom stereocenters. The SMILES string of the molecule is Cc1ccc2cc(C(N)CC3CCNC3)ccc2c1. The molecule has 1 aliphatic rings. The van der Waals surface area contributed by atoms with Crippen molar-refractivity contribution in [3.8, 4) is 0 Å². The minimum atomic E-state index is 0.163. The molecule has 2 heteroatoms. The Bertz CT molecular complexity index is 570. The van der Waals surface area contributed by atoms with Crippen molar-refractivity contribution >= 4 is 10.8 Å². The molecule has 3 rings (SSSR count).